The smallest absolute Gasteiger partial charge is 0.145 e. The normalized spacial score (nSPS) is 13.0. The van der Waals surface area contributed by atoms with Gasteiger partial charge in [-0.3, -0.25) is 4.79 Å². The molecule has 0 aliphatic rings. The average molecular weight is 204 g/mol. The van der Waals surface area contributed by atoms with E-state index in [9.17, 15) is 9.36 Å². The second-order valence-electron chi connectivity index (χ2n) is 4.52. The van der Waals surface area contributed by atoms with Gasteiger partial charge < -0.3 is 4.57 Å². The minimum Gasteiger partial charge on any atom is -0.323 e. The summed E-state index contributed by atoms with van der Waals surface area (Å²) in [5.74, 6) is 0.125. The molecule has 0 heterocycles. The van der Waals surface area contributed by atoms with E-state index in [1.807, 2.05) is 34.6 Å². The zero-order chi connectivity index (χ0) is 10.7. The van der Waals surface area contributed by atoms with Crippen molar-refractivity contribution in [2.75, 3.05) is 18.5 Å². The van der Waals surface area contributed by atoms with Crippen LogP contribution in [-0.2, 0) is 9.36 Å². The number of ketones is 1. The fourth-order valence-corrected chi connectivity index (χ4v) is 2.84. The highest BCUT2D eigenvalue weighted by Crippen LogP contribution is 2.45. The Labute approximate surface area is 81.5 Å². The summed E-state index contributed by atoms with van der Waals surface area (Å²) in [7, 11) is -2.18. The Morgan fingerprint density at radius 1 is 1.15 bits per heavy atom. The van der Waals surface area contributed by atoms with Crippen molar-refractivity contribution in [3.63, 3.8) is 0 Å². The lowest BCUT2D eigenvalue weighted by Crippen LogP contribution is -2.24. The van der Waals surface area contributed by atoms with E-state index < -0.39 is 7.14 Å². The molecular formula is C10H21O2P. The first-order chi connectivity index (χ1) is 5.75. The highest BCUT2D eigenvalue weighted by molar-refractivity contribution is 7.64. The van der Waals surface area contributed by atoms with Crippen LogP contribution >= 0.6 is 7.14 Å². The number of carbonyl (C=O) groups excluding carboxylic acids is 1. The summed E-state index contributed by atoms with van der Waals surface area (Å²) in [5, 5.41) is 0. The summed E-state index contributed by atoms with van der Waals surface area (Å²) < 4.78 is 12.0. The van der Waals surface area contributed by atoms with Gasteiger partial charge >= 0.3 is 0 Å². The highest BCUT2D eigenvalue weighted by Gasteiger charge is 2.28. The van der Waals surface area contributed by atoms with Crippen molar-refractivity contribution in [2.24, 2.45) is 5.41 Å². The third-order valence-corrected chi connectivity index (χ3v) is 5.59. The van der Waals surface area contributed by atoms with Gasteiger partial charge in [-0.25, -0.2) is 0 Å². The van der Waals surface area contributed by atoms with E-state index in [2.05, 4.69) is 0 Å². The minimum atomic E-state index is -2.18. The topological polar surface area (TPSA) is 34.1 Å². The molecule has 0 spiro atoms. The molecule has 2 nitrogen and oxygen atoms in total. The monoisotopic (exact) mass is 204 g/mol. The Morgan fingerprint density at radius 3 is 1.77 bits per heavy atom. The van der Waals surface area contributed by atoms with Crippen molar-refractivity contribution >= 4 is 12.9 Å². The molecule has 0 fully saturated rings. The summed E-state index contributed by atoms with van der Waals surface area (Å²) in [6.07, 6.45) is 1.57. The molecular weight excluding hydrogens is 183 g/mol. The van der Waals surface area contributed by atoms with Crippen molar-refractivity contribution < 1.29 is 9.36 Å². The van der Waals surface area contributed by atoms with Crippen LogP contribution in [0.1, 0.15) is 34.6 Å². The Balaban J connectivity index is 4.45. The minimum absolute atomic E-state index is 0.125. The Bertz CT molecular complexity index is 218. The molecule has 78 valence electrons. The molecule has 13 heavy (non-hydrogen) atoms. The van der Waals surface area contributed by atoms with Crippen molar-refractivity contribution in [3.05, 3.63) is 0 Å². The molecule has 0 saturated heterocycles. The molecule has 0 radical (unpaired) electrons. The maximum atomic E-state index is 12.0. The summed E-state index contributed by atoms with van der Waals surface area (Å²) in [4.78, 5) is 11.6. The zero-order valence-corrected chi connectivity index (χ0v) is 10.3. The predicted octanol–water partition coefficient (Wildman–Crippen LogP) is 3.00. The fraction of sp³-hybridized carbons (Fsp3) is 0.900. The standard InChI is InChI=1S/C10H21O2P/c1-6-13(12,7-2)8-9(11)10(3,4)5/h6-8H2,1-5H3. The highest BCUT2D eigenvalue weighted by atomic mass is 31.2. The van der Waals surface area contributed by atoms with Gasteiger partial charge in [0.1, 0.15) is 5.78 Å². The SMILES string of the molecule is CCP(=O)(CC)CC(=O)C(C)(C)C. The fourth-order valence-electron chi connectivity index (χ4n) is 0.946. The van der Waals surface area contributed by atoms with Crippen LogP contribution in [0, 0.1) is 5.41 Å². The van der Waals surface area contributed by atoms with E-state index >= 15 is 0 Å². The van der Waals surface area contributed by atoms with Crippen molar-refractivity contribution in [1.29, 1.82) is 0 Å². The molecule has 0 unspecified atom stereocenters. The Morgan fingerprint density at radius 2 is 1.54 bits per heavy atom. The van der Waals surface area contributed by atoms with Crippen LogP contribution in [0.5, 0.6) is 0 Å². The van der Waals surface area contributed by atoms with Gasteiger partial charge in [0.2, 0.25) is 0 Å². The summed E-state index contributed by atoms with van der Waals surface area (Å²) >= 11 is 0. The van der Waals surface area contributed by atoms with Gasteiger partial charge in [0.25, 0.3) is 0 Å². The molecule has 0 aliphatic heterocycles. The molecule has 0 saturated carbocycles. The van der Waals surface area contributed by atoms with Crippen LogP contribution in [0.3, 0.4) is 0 Å². The predicted molar refractivity (Wildman–Crippen MR) is 58.0 cm³/mol. The van der Waals surface area contributed by atoms with E-state index in [-0.39, 0.29) is 17.4 Å². The average Bonchev–Trinajstić information content (AvgIpc) is 2.02. The lowest BCUT2D eigenvalue weighted by atomic mass is 9.92. The lowest BCUT2D eigenvalue weighted by Gasteiger charge is -2.20. The van der Waals surface area contributed by atoms with E-state index in [4.69, 9.17) is 0 Å². The summed E-state index contributed by atoms with van der Waals surface area (Å²) in [5.41, 5.74) is -0.347. The van der Waals surface area contributed by atoms with Gasteiger partial charge in [0.05, 0.1) is 13.3 Å². The zero-order valence-electron chi connectivity index (χ0n) is 9.39. The van der Waals surface area contributed by atoms with Gasteiger partial charge in [-0.05, 0) is 12.3 Å². The van der Waals surface area contributed by atoms with Crippen LogP contribution in [-0.4, -0.2) is 24.3 Å². The lowest BCUT2D eigenvalue weighted by molar-refractivity contribution is -0.123. The molecule has 0 aromatic heterocycles. The number of rotatable bonds is 4. The first kappa shape index (κ1) is 12.9. The van der Waals surface area contributed by atoms with Crippen LogP contribution in [0.25, 0.3) is 0 Å². The molecule has 0 aromatic carbocycles. The van der Waals surface area contributed by atoms with Gasteiger partial charge in [-0.15, -0.1) is 0 Å². The number of hydrogen-bond acceptors (Lipinski definition) is 2. The van der Waals surface area contributed by atoms with Gasteiger partial charge in [0.15, 0.2) is 0 Å². The number of Topliss-reactive ketones (excluding diaryl/α,β-unsaturated/α-hetero) is 1. The second kappa shape index (κ2) is 4.41. The first-order valence-electron chi connectivity index (χ1n) is 4.85. The maximum Gasteiger partial charge on any atom is 0.145 e. The maximum absolute atomic E-state index is 12.0. The molecule has 0 amide bonds. The molecule has 0 aromatic rings. The van der Waals surface area contributed by atoms with Crippen molar-refractivity contribution in [3.8, 4) is 0 Å². The molecule has 0 N–H and O–H groups in total. The summed E-state index contributed by atoms with van der Waals surface area (Å²) in [6, 6.07) is 0. The van der Waals surface area contributed by atoms with E-state index in [1.165, 1.54) is 0 Å². The van der Waals surface area contributed by atoms with Crippen molar-refractivity contribution in [2.45, 2.75) is 34.6 Å². The van der Waals surface area contributed by atoms with Crippen LogP contribution in [0.4, 0.5) is 0 Å². The van der Waals surface area contributed by atoms with Gasteiger partial charge in [-0.2, -0.15) is 0 Å². The van der Waals surface area contributed by atoms with Crippen LogP contribution in [0.15, 0.2) is 0 Å². The second-order valence-corrected chi connectivity index (χ2v) is 8.22. The molecule has 3 heteroatoms. The van der Waals surface area contributed by atoms with Crippen molar-refractivity contribution in [1.82, 2.24) is 0 Å². The first-order valence-corrected chi connectivity index (χ1v) is 7.12. The largest absolute Gasteiger partial charge is 0.323 e. The number of hydrogen-bond donors (Lipinski definition) is 0. The quantitative estimate of drug-likeness (QED) is 0.660. The van der Waals surface area contributed by atoms with Gasteiger partial charge in [-0.1, -0.05) is 34.6 Å². The Hall–Kier alpha value is -0.100. The van der Waals surface area contributed by atoms with E-state index in [0.29, 0.717) is 12.3 Å². The van der Waals surface area contributed by atoms with Gasteiger partial charge in [0, 0.05) is 5.41 Å². The van der Waals surface area contributed by atoms with E-state index in [0.717, 1.165) is 0 Å². The third-order valence-electron chi connectivity index (χ3n) is 2.42. The molecule has 0 atom stereocenters. The molecule has 0 aliphatic carbocycles. The number of carbonyl (C=O) groups is 1. The van der Waals surface area contributed by atoms with Crippen LogP contribution < -0.4 is 0 Å². The Kier molecular flexibility index (Phi) is 4.38. The summed E-state index contributed by atoms with van der Waals surface area (Å²) in [6.45, 7) is 9.45. The molecule has 0 bridgehead atoms. The third kappa shape index (κ3) is 4.08. The van der Waals surface area contributed by atoms with E-state index in [1.54, 1.807) is 0 Å². The molecule has 0 rings (SSSR count). The van der Waals surface area contributed by atoms with Crippen LogP contribution in [0.2, 0.25) is 0 Å².